The highest BCUT2D eigenvalue weighted by atomic mass is 32.2. The average molecular weight is 477 g/mol. The van der Waals surface area contributed by atoms with Gasteiger partial charge in [-0.15, -0.1) is 0 Å². The molecule has 0 saturated carbocycles. The fourth-order valence-corrected chi connectivity index (χ4v) is 4.19. The highest BCUT2D eigenvalue weighted by Crippen LogP contribution is 2.36. The van der Waals surface area contributed by atoms with E-state index >= 15 is 0 Å². The molecule has 0 aliphatic heterocycles. The smallest absolute Gasteiger partial charge is 0.331 e. The second kappa shape index (κ2) is 11.9. The van der Waals surface area contributed by atoms with Crippen molar-refractivity contribution in [2.45, 2.75) is 24.1 Å². The number of carbonyl (C=O) groups is 2. The quantitative estimate of drug-likeness (QED) is 0.245. The van der Waals surface area contributed by atoms with E-state index in [1.807, 2.05) is 48.5 Å². The van der Waals surface area contributed by atoms with Gasteiger partial charge in [0, 0.05) is 11.1 Å². The van der Waals surface area contributed by atoms with Gasteiger partial charge in [-0.05, 0) is 37.6 Å². The Labute approximate surface area is 202 Å². The number of pyridine rings is 1. The van der Waals surface area contributed by atoms with Crippen LogP contribution in [0.15, 0.2) is 65.7 Å². The van der Waals surface area contributed by atoms with E-state index < -0.39 is 17.2 Å². The van der Waals surface area contributed by atoms with Crippen LogP contribution >= 0.6 is 11.8 Å². The van der Waals surface area contributed by atoms with Crippen molar-refractivity contribution in [2.75, 3.05) is 20.3 Å². The summed E-state index contributed by atoms with van der Waals surface area (Å²) in [5, 5.41) is 8.99. The number of aromatic nitrogens is 1. The molecule has 0 fully saturated rings. The van der Waals surface area contributed by atoms with Gasteiger partial charge in [0.2, 0.25) is 5.25 Å². The first kappa shape index (κ1) is 24.8. The van der Waals surface area contributed by atoms with Crippen LogP contribution in [0.3, 0.4) is 0 Å². The summed E-state index contributed by atoms with van der Waals surface area (Å²) in [7, 11) is 1.58. The fourth-order valence-electron chi connectivity index (χ4n) is 3.21. The summed E-state index contributed by atoms with van der Waals surface area (Å²) in [6.45, 7) is 3.52. The van der Waals surface area contributed by atoms with Crippen LogP contribution in [0.4, 0.5) is 0 Å². The third-order valence-electron chi connectivity index (χ3n) is 4.80. The highest BCUT2D eigenvalue weighted by molar-refractivity contribution is 8.01. The van der Waals surface area contributed by atoms with Crippen LogP contribution in [-0.2, 0) is 19.1 Å². The molecule has 0 amide bonds. The summed E-state index contributed by atoms with van der Waals surface area (Å²) >= 11 is 0.854. The predicted octanol–water partition coefficient (Wildman–Crippen LogP) is 4.88. The molecule has 174 valence electrons. The molecule has 0 N–H and O–H groups in total. The Morgan fingerprint density at radius 3 is 2.12 bits per heavy atom. The second-order valence-electron chi connectivity index (χ2n) is 6.94. The first-order valence-electron chi connectivity index (χ1n) is 10.7. The molecule has 0 saturated heterocycles. The zero-order valence-corrected chi connectivity index (χ0v) is 19.9. The largest absolute Gasteiger partial charge is 0.497 e. The maximum atomic E-state index is 12.6. The summed E-state index contributed by atoms with van der Waals surface area (Å²) in [6, 6.07) is 20.8. The van der Waals surface area contributed by atoms with E-state index in [2.05, 4.69) is 11.1 Å². The lowest BCUT2D eigenvalue weighted by molar-refractivity contribution is -0.152. The van der Waals surface area contributed by atoms with Crippen molar-refractivity contribution in [1.29, 1.82) is 5.26 Å². The normalized spacial score (nSPS) is 10.4. The van der Waals surface area contributed by atoms with Gasteiger partial charge in [-0.3, -0.25) is 9.59 Å². The van der Waals surface area contributed by atoms with Crippen LogP contribution in [0, 0.1) is 11.3 Å². The lowest BCUT2D eigenvalue weighted by Gasteiger charge is -2.17. The van der Waals surface area contributed by atoms with Crippen molar-refractivity contribution in [2.24, 2.45) is 0 Å². The van der Waals surface area contributed by atoms with Gasteiger partial charge in [0.05, 0.1) is 31.6 Å². The minimum Gasteiger partial charge on any atom is -0.497 e. The summed E-state index contributed by atoms with van der Waals surface area (Å²) in [5.41, 5.74) is 3.05. The molecule has 2 aromatic carbocycles. The monoisotopic (exact) mass is 476 g/mol. The Morgan fingerprint density at radius 2 is 1.59 bits per heavy atom. The number of hydrogen-bond acceptors (Lipinski definition) is 8. The third-order valence-corrected chi connectivity index (χ3v) is 5.94. The SMILES string of the molecule is CCOC(=O)C(Sc1nc(-c2ccccc2)cc(-c2ccc(OC)cc2)c1C#N)C(=O)OCC. The lowest BCUT2D eigenvalue weighted by Crippen LogP contribution is -2.31. The topological polar surface area (TPSA) is 98.5 Å². The lowest BCUT2D eigenvalue weighted by atomic mass is 9.99. The molecule has 0 aliphatic carbocycles. The van der Waals surface area contributed by atoms with E-state index in [9.17, 15) is 14.9 Å². The molecular weight excluding hydrogens is 452 g/mol. The van der Waals surface area contributed by atoms with E-state index in [-0.39, 0.29) is 23.8 Å². The minimum atomic E-state index is -1.31. The van der Waals surface area contributed by atoms with Gasteiger partial charge in [0.1, 0.15) is 16.8 Å². The van der Waals surface area contributed by atoms with Crippen molar-refractivity contribution >= 4 is 23.7 Å². The minimum absolute atomic E-state index is 0.106. The maximum absolute atomic E-state index is 12.6. The number of carbonyl (C=O) groups excluding carboxylic acids is 2. The van der Waals surface area contributed by atoms with Crippen LogP contribution in [0.5, 0.6) is 5.75 Å². The summed E-state index contributed by atoms with van der Waals surface area (Å²) < 4.78 is 15.4. The van der Waals surface area contributed by atoms with E-state index in [1.54, 1.807) is 33.1 Å². The second-order valence-corrected chi connectivity index (χ2v) is 8.04. The number of thioether (sulfide) groups is 1. The van der Waals surface area contributed by atoms with Crippen LogP contribution in [-0.4, -0.2) is 42.5 Å². The number of esters is 2. The Kier molecular flexibility index (Phi) is 8.66. The van der Waals surface area contributed by atoms with Gasteiger partial charge >= 0.3 is 11.9 Å². The third kappa shape index (κ3) is 5.74. The summed E-state index contributed by atoms with van der Waals surface area (Å²) in [6.07, 6.45) is 0. The first-order valence-corrected chi connectivity index (χ1v) is 11.5. The fraction of sp³-hybridized carbons (Fsp3) is 0.231. The zero-order chi connectivity index (χ0) is 24.5. The molecule has 0 unspecified atom stereocenters. The van der Waals surface area contributed by atoms with Gasteiger partial charge in [0.25, 0.3) is 0 Å². The molecule has 0 atom stereocenters. The van der Waals surface area contributed by atoms with Crippen LogP contribution in [0.25, 0.3) is 22.4 Å². The summed E-state index contributed by atoms with van der Waals surface area (Å²) in [5.74, 6) is -0.806. The molecule has 8 heteroatoms. The molecule has 3 rings (SSSR count). The average Bonchev–Trinajstić information content (AvgIpc) is 2.87. The number of ether oxygens (including phenoxy) is 3. The van der Waals surface area contributed by atoms with Gasteiger partial charge in [-0.25, -0.2) is 4.98 Å². The Bertz CT molecular complexity index is 1170. The van der Waals surface area contributed by atoms with E-state index in [4.69, 9.17) is 14.2 Å². The molecule has 3 aromatic rings. The van der Waals surface area contributed by atoms with Crippen molar-refractivity contribution in [3.8, 4) is 34.2 Å². The van der Waals surface area contributed by atoms with Crippen molar-refractivity contribution in [3.05, 3.63) is 66.2 Å². The maximum Gasteiger partial charge on any atom is 0.331 e. The Balaban J connectivity index is 2.18. The number of benzene rings is 2. The van der Waals surface area contributed by atoms with E-state index in [0.29, 0.717) is 17.0 Å². The first-order chi connectivity index (χ1) is 16.5. The Hall–Kier alpha value is -3.83. The van der Waals surface area contributed by atoms with Crippen LogP contribution < -0.4 is 4.74 Å². The van der Waals surface area contributed by atoms with Crippen molar-refractivity contribution in [3.63, 3.8) is 0 Å². The number of nitriles is 1. The molecule has 7 nitrogen and oxygen atoms in total. The summed E-state index contributed by atoms with van der Waals surface area (Å²) in [4.78, 5) is 29.8. The van der Waals surface area contributed by atoms with Crippen LogP contribution in [0.1, 0.15) is 19.4 Å². The molecular formula is C26H24N2O5S. The van der Waals surface area contributed by atoms with Gasteiger partial charge in [-0.1, -0.05) is 54.2 Å². The van der Waals surface area contributed by atoms with E-state index in [0.717, 1.165) is 22.9 Å². The van der Waals surface area contributed by atoms with Crippen molar-refractivity contribution < 1.29 is 23.8 Å². The molecule has 0 aliphatic rings. The van der Waals surface area contributed by atoms with E-state index in [1.165, 1.54) is 0 Å². The van der Waals surface area contributed by atoms with Crippen LogP contribution in [0.2, 0.25) is 0 Å². The number of hydrogen-bond donors (Lipinski definition) is 0. The number of methoxy groups -OCH3 is 1. The number of nitrogens with zero attached hydrogens (tertiary/aromatic N) is 2. The standard InChI is InChI=1S/C26H24N2O5S/c1-4-32-25(29)23(26(30)33-5-2)34-24-21(16-27)20(17-11-13-19(31-3)14-12-17)15-22(28-24)18-9-7-6-8-10-18/h6-15,23H,4-5H2,1-3H3. The molecule has 34 heavy (non-hydrogen) atoms. The van der Waals surface area contributed by atoms with Gasteiger partial charge in [-0.2, -0.15) is 5.26 Å². The Morgan fingerprint density at radius 1 is 0.971 bits per heavy atom. The van der Waals surface area contributed by atoms with Gasteiger partial charge in [0.15, 0.2) is 0 Å². The molecule has 1 heterocycles. The molecule has 0 radical (unpaired) electrons. The predicted molar refractivity (Wildman–Crippen MR) is 129 cm³/mol. The molecule has 0 bridgehead atoms. The highest BCUT2D eigenvalue weighted by Gasteiger charge is 2.33. The van der Waals surface area contributed by atoms with Crippen molar-refractivity contribution in [1.82, 2.24) is 4.98 Å². The molecule has 1 aromatic heterocycles. The molecule has 0 spiro atoms. The number of rotatable bonds is 9. The van der Waals surface area contributed by atoms with Gasteiger partial charge < -0.3 is 14.2 Å². The zero-order valence-electron chi connectivity index (χ0n) is 19.1.